The molecule has 5 aromatic rings. The highest BCUT2D eigenvalue weighted by Crippen LogP contribution is 2.35. The maximum Gasteiger partial charge on any atom is 0.343 e. The summed E-state index contributed by atoms with van der Waals surface area (Å²) >= 11 is 0. The Morgan fingerprint density at radius 1 is 0.614 bits per heavy atom. The number of azo groups is 1. The van der Waals surface area contributed by atoms with E-state index in [1.54, 1.807) is 18.2 Å². The topological polar surface area (TPSA) is 60.2 Å². The summed E-state index contributed by atoms with van der Waals surface area (Å²) in [5.74, 6) is 0.836. The number of rotatable bonds is 16. The van der Waals surface area contributed by atoms with Gasteiger partial charge in [0, 0.05) is 10.8 Å². The van der Waals surface area contributed by atoms with Crippen LogP contribution < -0.4 is 9.47 Å². The van der Waals surface area contributed by atoms with Gasteiger partial charge in [0.05, 0.1) is 23.5 Å². The van der Waals surface area contributed by atoms with Crippen LogP contribution in [0.3, 0.4) is 0 Å². The van der Waals surface area contributed by atoms with Crippen molar-refractivity contribution >= 4 is 38.9 Å². The molecule has 0 N–H and O–H groups in total. The molecule has 0 fully saturated rings. The molecule has 0 aromatic heterocycles. The van der Waals surface area contributed by atoms with Gasteiger partial charge in [-0.05, 0) is 65.7 Å². The van der Waals surface area contributed by atoms with Gasteiger partial charge in [-0.2, -0.15) is 5.11 Å². The van der Waals surface area contributed by atoms with Gasteiger partial charge in [-0.3, -0.25) is 0 Å². The Morgan fingerprint density at radius 3 is 2.02 bits per heavy atom. The lowest BCUT2D eigenvalue weighted by atomic mass is 10.1. The van der Waals surface area contributed by atoms with Crippen molar-refractivity contribution in [2.24, 2.45) is 10.2 Å². The molecule has 0 unspecified atom stereocenters. The second-order valence-electron chi connectivity index (χ2n) is 11.3. The molecule has 5 heteroatoms. The minimum absolute atomic E-state index is 0.415. The van der Waals surface area contributed by atoms with Crippen LogP contribution in [0.5, 0.6) is 11.5 Å². The van der Waals surface area contributed by atoms with Crippen molar-refractivity contribution in [1.82, 2.24) is 0 Å². The third kappa shape index (κ3) is 8.76. The number of ether oxygens (including phenoxy) is 2. The van der Waals surface area contributed by atoms with Crippen molar-refractivity contribution in [3.8, 4) is 11.5 Å². The smallest absolute Gasteiger partial charge is 0.343 e. The number of fused-ring (bicyclic) bond motifs is 2. The molecule has 0 heterocycles. The lowest BCUT2D eigenvalue weighted by Crippen LogP contribution is -2.08. The summed E-state index contributed by atoms with van der Waals surface area (Å²) in [4.78, 5) is 13.0. The standard InChI is InChI=1S/C39H42N2O3/c1-2-3-4-5-6-7-8-9-10-15-28-43-34-24-21-31(22-25-34)39(42)44-38-27-26-37(35-18-13-14-19-36(35)38)41-40-33-23-20-30-16-11-12-17-32(30)29-33/h11-14,16-27,29H,2-10,15,28H2,1H3. The van der Waals surface area contributed by atoms with E-state index >= 15 is 0 Å². The zero-order chi connectivity index (χ0) is 30.4. The molecular weight excluding hydrogens is 544 g/mol. The van der Waals surface area contributed by atoms with Gasteiger partial charge >= 0.3 is 5.97 Å². The van der Waals surface area contributed by atoms with E-state index in [0.717, 1.165) is 39.4 Å². The number of nitrogens with zero attached hydrogens (tertiary/aromatic N) is 2. The molecule has 0 atom stereocenters. The normalized spacial score (nSPS) is 11.4. The molecule has 0 saturated heterocycles. The van der Waals surface area contributed by atoms with Crippen molar-refractivity contribution in [1.29, 1.82) is 0 Å². The monoisotopic (exact) mass is 586 g/mol. The number of esters is 1. The van der Waals surface area contributed by atoms with Crippen LogP contribution in [0.15, 0.2) is 113 Å². The Balaban J connectivity index is 1.13. The van der Waals surface area contributed by atoms with Gasteiger partial charge in [-0.15, -0.1) is 5.11 Å². The first kappa shape index (κ1) is 30.9. The van der Waals surface area contributed by atoms with E-state index in [0.29, 0.717) is 23.6 Å². The Morgan fingerprint density at radius 2 is 1.27 bits per heavy atom. The highest BCUT2D eigenvalue weighted by Gasteiger charge is 2.13. The second-order valence-corrected chi connectivity index (χ2v) is 11.3. The summed E-state index contributed by atoms with van der Waals surface area (Å²) in [6, 6.07) is 32.7. The van der Waals surface area contributed by atoms with E-state index in [1.807, 2.05) is 72.8 Å². The zero-order valence-electron chi connectivity index (χ0n) is 25.7. The molecule has 226 valence electrons. The predicted molar refractivity (Wildman–Crippen MR) is 181 cm³/mol. The fourth-order valence-electron chi connectivity index (χ4n) is 5.41. The van der Waals surface area contributed by atoms with E-state index in [9.17, 15) is 4.79 Å². The lowest BCUT2D eigenvalue weighted by molar-refractivity contribution is 0.0737. The van der Waals surface area contributed by atoms with Gasteiger partial charge in [0.2, 0.25) is 0 Å². The van der Waals surface area contributed by atoms with E-state index in [4.69, 9.17) is 9.47 Å². The summed E-state index contributed by atoms with van der Waals surface area (Å²) in [6.07, 6.45) is 13.0. The molecule has 0 aliphatic carbocycles. The number of hydrogen-bond acceptors (Lipinski definition) is 5. The van der Waals surface area contributed by atoms with Crippen LogP contribution in [0, 0.1) is 0 Å². The van der Waals surface area contributed by atoms with Crippen molar-refractivity contribution in [2.45, 2.75) is 71.1 Å². The SMILES string of the molecule is CCCCCCCCCCCCOc1ccc(C(=O)Oc2ccc(N=Nc3ccc4ccccc4c3)c3ccccc23)cc1. The Labute approximate surface area is 260 Å². The van der Waals surface area contributed by atoms with Gasteiger partial charge in [-0.1, -0.05) is 119 Å². The Kier molecular flexibility index (Phi) is 11.5. The third-order valence-corrected chi connectivity index (χ3v) is 7.93. The largest absolute Gasteiger partial charge is 0.494 e. The highest BCUT2D eigenvalue weighted by molar-refractivity contribution is 5.99. The highest BCUT2D eigenvalue weighted by atomic mass is 16.5. The quantitative estimate of drug-likeness (QED) is 0.0500. The molecular formula is C39H42N2O3. The summed E-state index contributed by atoms with van der Waals surface area (Å²) in [7, 11) is 0. The third-order valence-electron chi connectivity index (χ3n) is 7.93. The summed E-state index contributed by atoms with van der Waals surface area (Å²) in [5, 5.41) is 12.9. The Hall–Kier alpha value is -4.51. The van der Waals surface area contributed by atoms with Crippen molar-refractivity contribution in [3.05, 3.63) is 109 Å². The summed E-state index contributed by atoms with van der Waals surface area (Å²) < 4.78 is 11.7. The van der Waals surface area contributed by atoms with Crippen LogP contribution in [-0.2, 0) is 0 Å². The molecule has 0 saturated carbocycles. The van der Waals surface area contributed by atoms with Crippen molar-refractivity contribution in [2.75, 3.05) is 6.61 Å². The lowest BCUT2D eigenvalue weighted by Gasteiger charge is -2.10. The number of unbranched alkanes of at least 4 members (excludes halogenated alkanes) is 9. The van der Waals surface area contributed by atoms with Gasteiger partial charge in [0.25, 0.3) is 0 Å². The van der Waals surface area contributed by atoms with Crippen LogP contribution in [-0.4, -0.2) is 12.6 Å². The first-order valence-corrected chi connectivity index (χ1v) is 16.1. The van der Waals surface area contributed by atoms with Gasteiger partial charge in [0.1, 0.15) is 11.5 Å². The average molecular weight is 587 g/mol. The first-order chi connectivity index (χ1) is 21.7. The molecule has 5 aromatic carbocycles. The zero-order valence-corrected chi connectivity index (χ0v) is 25.7. The molecule has 44 heavy (non-hydrogen) atoms. The van der Waals surface area contributed by atoms with Crippen LogP contribution in [0.2, 0.25) is 0 Å². The maximum absolute atomic E-state index is 13.0. The van der Waals surface area contributed by atoms with E-state index in [2.05, 4.69) is 29.3 Å². The van der Waals surface area contributed by atoms with Crippen LogP contribution >= 0.6 is 0 Å². The number of hydrogen-bond donors (Lipinski definition) is 0. The van der Waals surface area contributed by atoms with Gasteiger partial charge in [-0.25, -0.2) is 4.79 Å². The molecule has 5 nitrogen and oxygen atoms in total. The molecule has 0 amide bonds. The molecule has 0 bridgehead atoms. The molecule has 0 aliphatic heterocycles. The minimum atomic E-state index is -0.415. The minimum Gasteiger partial charge on any atom is -0.494 e. The van der Waals surface area contributed by atoms with Crippen LogP contribution in [0.25, 0.3) is 21.5 Å². The number of carbonyl (C=O) groups is 1. The van der Waals surface area contributed by atoms with E-state index in [-0.39, 0.29) is 0 Å². The van der Waals surface area contributed by atoms with Crippen LogP contribution in [0.1, 0.15) is 81.5 Å². The molecule has 0 radical (unpaired) electrons. The van der Waals surface area contributed by atoms with Gasteiger partial charge < -0.3 is 9.47 Å². The first-order valence-electron chi connectivity index (χ1n) is 16.1. The van der Waals surface area contributed by atoms with E-state index in [1.165, 1.54) is 57.8 Å². The average Bonchev–Trinajstić information content (AvgIpc) is 3.07. The second kappa shape index (κ2) is 16.4. The van der Waals surface area contributed by atoms with Crippen molar-refractivity contribution < 1.29 is 14.3 Å². The van der Waals surface area contributed by atoms with Crippen LogP contribution in [0.4, 0.5) is 11.4 Å². The van der Waals surface area contributed by atoms with Crippen molar-refractivity contribution in [3.63, 3.8) is 0 Å². The van der Waals surface area contributed by atoms with Gasteiger partial charge in [0.15, 0.2) is 0 Å². The molecule has 5 rings (SSSR count). The summed E-state index contributed by atoms with van der Waals surface area (Å²) in [6.45, 7) is 2.95. The number of carbonyl (C=O) groups excluding carboxylic acids is 1. The predicted octanol–water partition coefficient (Wildman–Crippen LogP) is 11.9. The fraction of sp³-hybridized carbons (Fsp3) is 0.308. The Bertz CT molecular complexity index is 1680. The summed E-state index contributed by atoms with van der Waals surface area (Å²) in [5.41, 5.74) is 1.96. The van der Waals surface area contributed by atoms with E-state index < -0.39 is 5.97 Å². The number of benzene rings is 5. The molecule has 0 aliphatic rings. The molecule has 0 spiro atoms. The fourth-order valence-corrected chi connectivity index (χ4v) is 5.41. The maximum atomic E-state index is 13.0.